The van der Waals surface area contributed by atoms with E-state index in [4.69, 9.17) is 8.83 Å². The Balaban J connectivity index is 1.88. The van der Waals surface area contributed by atoms with Crippen molar-refractivity contribution < 1.29 is 28.0 Å². The Morgan fingerprint density at radius 1 is 1.40 bits per heavy atom. The minimum Gasteiger partial charge on any atom is -0.466 e. The van der Waals surface area contributed by atoms with Crippen LogP contribution in [-0.4, -0.2) is 29.9 Å². The van der Waals surface area contributed by atoms with E-state index in [1.165, 1.54) is 19.4 Å². The van der Waals surface area contributed by atoms with Gasteiger partial charge < -0.3 is 18.9 Å². The second-order valence-corrected chi connectivity index (χ2v) is 5.83. The van der Waals surface area contributed by atoms with E-state index < -0.39 is 23.4 Å². The van der Waals surface area contributed by atoms with Crippen LogP contribution in [0, 0.1) is 0 Å². The predicted octanol–water partition coefficient (Wildman–Crippen LogP) is 2.19. The molecule has 1 aliphatic rings. The minimum absolute atomic E-state index is 0.00929. The van der Waals surface area contributed by atoms with Gasteiger partial charge in [-0.2, -0.15) is 0 Å². The smallest absolute Gasteiger partial charge is 0.373 e. The molecule has 1 aliphatic heterocycles. The number of nitrogens with zero attached hydrogens (tertiary/aromatic N) is 1. The van der Waals surface area contributed by atoms with Crippen LogP contribution in [-0.2, 0) is 28.0 Å². The van der Waals surface area contributed by atoms with Crippen molar-refractivity contribution in [1.82, 2.24) is 10.2 Å². The third kappa shape index (κ3) is 2.69. The molecule has 0 radical (unpaired) electrons. The Bertz CT molecular complexity index is 822. The normalized spacial score (nSPS) is 20.0. The molecule has 0 bridgehead atoms. The van der Waals surface area contributed by atoms with E-state index in [0.717, 1.165) is 4.90 Å². The summed E-state index contributed by atoms with van der Waals surface area (Å²) in [7, 11) is 1.25. The third-order valence-electron chi connectivity index (χ3n) is 4.22. The molecule has 0 spiro atoms. The first-order valence-corrected chi connectivity index (χ1v) is 7.78. The zero-order chi connectivity index (χ0) is 18.2. The van der Waals surface area contributed by atoms with Crippen LogP contribution in [0.1, 0.15) is 41.5 Å². The Kier molecular flexibility index (Phi) is 4.12. The van der Waals surface area contributed by atoms with Gasteiger partial charge in [0.25, 0.3) is 5.91 Å². The molecule has 3 heterocycles. The maximum atomic E-state index is 12.8. The van der Waals surface area contributed by atoms with Gasteiger partial charge in [0.05, 0.1) is 19.9 Å². The number of amides is 3. The van der Waals surface area contributed by atoms with E-state index in [1.54, 1.807) is 19.1 Å². The third-order valence-corrected chi connectivity index (χ3v) is 4.22. The maximum absolute atomic E-state index is 12.8. The molecule has 3 rings (SSSR count). The van der Waals surface area contributed by atoms with Crippen LogP contribution in [0.4, 0.5) is 4.79 Å². The maximum Gasteiger partial charge on any atom is 0.373 e. The van der Waals surface area contributed by atoms with E-state index in [-0.39, 0.29) is 12.3 Å². The lowest BCUT2D eigenvalue weighted by atomic mass is 9.99. The lowest BCUT2D eigenvalue weighted by Crippen LogP contribution is -2.40. The SMILES string of the molecule is CCc1oc(C(=O)OC)cc1CN1C(=O)N[C@](C)(c2ccco2)C1=O. The molecule has 8 nitrogen and oxygen atoms in total. The standard InChI is InChI=1S/C17H18N2O6/c1-4-11-10(8-12(25-11)14(20)23-3)9-19-15(21)17(2,18-16(19)22)13-6-5-7-24-13/h5-8H,4,9H2,1-3H3,(H,18,22)/t17-/m1/s1. The monoisotopic (exact) mass is 346 g/mol. The molecule has 0 aromatic carbocycles. The highest BCUT2D eigenvalue weighted by Gasteiger charge is 2.51. The fraction of sp³-hybridized carbons (Fsp3) is 0.353. The van der Waals surface area contributed by atoms with Crippen molar-refractivity contribution >= 4 is 17.9 Å². The van der Waals surface area contributed by atoms with Crippen molar-refractivity contribution in [2.45, 2.75) is 32.4 Å². The van der Waals surface area contributed by atoms with Crippen LogP contribution in [0.5, 0.6) is 0 Å². The Morgan fingerprint density at radius 3 is 2.76 bits per heavy atom. The molecule has 1 atom stereocenters. The molecule has 0 aliphatic carbocycles. The van der Waals surface area contributed by atoms with E-state index in [2.05, 4.69) is 10.1 Å². The highest BCUT2D eigenvalue weighted by atomic mass is 16.5. The number of aryl methyl sites for hydroxylation is 1. The number of nitrogens with one attached hydrogen (secondary N) is 1. The second kappa shape index (κ2) is 6.12. The van der Waals surface area contributed by atoms with Crippen molar-refractivity contribution in [2.75, 3.05) is 7.11 Å². The number of ether oxygens (including phenoxy) is 1. The zero-order valence-electron chi connectivity index (χ0n) is 14.1. The number of hydrogen-bond acceptors (Lipinski definition) is 6. The van der Waals surface area contributed by atoms with Gasteiger partial charge in [0, 0.05) is 12.0 Å². The van der Waals surface area contributed by atoms with E-state index in [0.29, 0.717) is 23.5 Å². The van der Waals surface area contributed by atoms with Crippen LogP contribution in [0.2, 0.25) is 0 Å². The number of methoxy groups -OCH3 is 1. The fourth-order valence-electron chi connectivity index (χ4n) is 2.84. The number of furan rings is 2. The van der Waals surface area contributed by atoms with E-state index in [1.807, 2.05) is 6.92 Å². The molecule has 2 aromatic rings. The van der Waals surface area contributed by atoms with E-state index >= 15 is 0 Å². The summed E-state index contributed by atoms with van der Waals surface area (Å²) in [6.07, 6.45) is 1.95. The molecule has 8 heteroatoms. The average Bonchev–Trinajstić information content (AvgIpc) is 3.31. The number of imide groups is 1. The fourth-order valence-corrected chi connectivity index (χ4v) is 2.84. The molecule has 1 saturated heterocycles. The van der Waals surface area contributed by atoms with E-state index in [9.17, 15) is 14.4 Å². The number of urea groups is 1. The van der Waals surface area contributed by atoms with Crippen molar-refractivity contribution in [3.63, 3.8) is 0 Å². The summed E-state index contributed by atoms with van der Waals surface area (Å²) in [5.41, 5.74) is -0.683. The zero-order valence-corrected chi connectivity index (χ0v) is 14.1. The number of rotatable bonds is 5. The van der Waals surface area contributed by atoms with Gasteiger partial charge in [0.2, 0.25) is 5.76 Å². The number of esters is 1. The van der Waals surface area contributed by atoms with Crippen LogP contribution in [0.25, 0.3) is 0 Å². The number of hydrogen-bond donors (Lipinski definition) is 1. The molecule has 1 fully saturated rings. The van der Waals surface area contributed by atoms with Crippen LogP contribution in [0.15, 0.2) is 33.3 Å². The highest BCUT2D eigenvalue weighted by molar-refractivity contribution is 6.06. The molecular formula is C17H18N2O6. The van der Waals surface area contributed by atoms with Crippen LogP contribution >= 0.6 is 0 Å². The number of carbonyl (C=O) groups is 3. The highest BCUT2D eigenvalue weighted by Crippen LogP contribution is 2.31. The van der Waals surface area contributed by atoms with Gasteiger partial charge in [0.15, 0.2) is 5.54 Å². The molecular weight excluding hydrogens is 328 g/mol. The molecule has 132 valence electrons. The Labute approximate surface area is 143 Å². The van der Waals surface area contributed by atoms with Gasteiger partial charge in [0.1, 0.15) is 11.5 Å². The summed E-state index contributed by atoms with van der Waals surface area (Å²) in [5.74, 6) is -0.136. The number of carbonyl (C=O) groups excluding carboxylic acids is 3. The molecule has 3 amide bonds. The molecule has 0 unspecified atom stereocenters. The van der Waals surface area contributed by atoms with Gasteiger partial charge in [-0.15, -0.1) is 0 Å². The lowest BCUT2D eigenvalue weighted by molar-refractivity contribution is -0.132. The van der Waals surface area contributed by atoms with Crippen LogP contribution in [0.3, 0.4) is 0 Å². The Morgan fingerprint density at radius 2 is 2.16 bits per heavy atom. The van der Waals surface area contributed by atoms with Gasteiger partial charge in [-0.3, -0.25) is 9.69 Å². The first-order chi connectivity index (χ1) is 11.9. The quantitative estimate of drug-likeness (QED) is 0.658. The van der Waals surface area contributed by atoms with Crippen molar-refractivity contribution in [1.29, 1.82) is 0 Å². The summed E-state index contributed by atoms with van der Waals surface area (Å²) >= 11 is 0. The summed E-state index contributed by atoms with van der Waals surface area (Å²) in [4.78, 5) is 37.8. The topological polar surface area (TPSA) is 102 Å². The largest absolute Gasteiger partial charge is 0.466 e. The van der Waals surface area contributed by atoms with Gasteiger partial charge in [-0.1, -0.05) is 6.92 Å². The molecule has 25 heavy (non-hydrogen) atoms. The summed E-state index contributed by atoms with van der Waals surface area (Å²) < 4.78 is 15.4. The summed E-state index contributed by atoms with van der Waals surface area (Å²) in [6.45, 7) is 3.43. The predicted molar refractivity (Wildman–Crippen MR) is 84.6 cm³/mol. The molecule has 2 aromatic heterocycles. The minimum atomic E-state index is -1.26. The van der Waals surface area contributed by atoms with Crippen molar-refractivity contribution in [2.24, 2.45) is 0 Å². The second-order valence-electron chi connectivity index (χ2n) is 5.83. The van der Waals surface area contributed by atoms with Gasteiger partial charge in [-0.05, 0) is 25.1 Å². The average molecular weight is 346 g/mol. The molecule has 1 N–H and O–H groups in total. The Hall–Kier alpha value is -3.03. The first kappa shape index (κ1) is 16.8. The molecule has 0 saturated carbocycles. The van der Waals surface area contributed by atoms with Crippen LogP contribution < -0.4 is 5.32 Å². The summed E-state index contributed by atoms with van der Waals surface area (Å²) in [5, 5.41) is 2.65. The van der Waals surface area contributed by atoms with Gasteiger partial charge >= 0.3 is 12.0 Å². The lowest BCUT2D eigenvalue weighted by Gasteiger charge is -2.18. The van der Waals surface area contributed by atoms with Gasteiger partial charge in [-0.25, -0.2) is 9.59 Å². The van der Waals surface area contributed by atoms with Crippen molar-refractivity contribution in [3.8, 4) is 0 Å². The van der Waals surface area contributed by atoms with Crippen molar-refractivity contribution in [3.05, 3.63) is 47.3 Å². The summed E-state index contributed by atoms with van der Waals surface area (Å²) in [6, 6.07) is 4.24. The first-order valence-electron chi connectivity index (χ1n) is 7.78.